The maximum Gasteiger partial charge on any atom is 0.0461 e. The molecule has 21 heavy (non-hydrogen) atoms. The van der Waals surface area contributed by atoms with E-state index in [1.165, 1.54) is 56.9 Å². The van der Waals surface area contributed by atoms with Gasteiger partial charge in [-0.3, -0.25) is 16.3 Å². The van der Waals surface area contributed by atoms with Gasteiger partial charge in [-0.2, -0.15) is 0 Å². The van der Waals surface area contributed by atoms with Crippen LogP contribution in [-0.2, 0) is 0 Å². The molecule has 0 aliphatic carbocycles. The zero-order valence-corrected chi connectivity index (χ0v) is 14.1. The van der Waals surface area contributed by atoms with Gasteiger partial charge < -0.3 is 0 Å². The Morgan fingerprint density at radius 2 is 1.48 bits per heavy atom. The quantitative estimate of drug-likeness (QED) is 0.352. The van der Waals surface area contributed by atoms with Crippen LogP contribution in [0.1, 0.15) is 87.7 Å². The highest BCUT2D eigenvalue weighted by Gasteiger charge is 2.10. The molecule has 0 fully saturated rings. The summed E-state index contributed by atoms with van der Waals surface area (Å²) in [6.07, 6.45) is 11.9. The minimum Gasteiger partial charge on any atom is -0.271 e. The lowest BCUT2D eigenvalue weighted by Gasteiger charge is -2.17. The van der Waals surface area contributed by atoms with Crippen LogP contribution in [-0.4, -0.2) is 4.98 Å². The van der Waals surface area contributed by atoms with Gasteiger partial charge in [0.2, 0.25) is 0 Å². The summed E-state index contributed by atoms with van der Waals surface area (Å²) in [5, 5.41) is 0. The summed E-state index contributed by atoms with van der Waals surface area (Å²) in [4.78, 5) is 4.43. The standard InChI is InChI=1S/C18H33N3/c1-4-5-6-7-8-9-10-11-12-18(21-19)17-13-15(2)20-16(3)14-17/h13-14,18,21H,4-12,19H2,1-3H3. The van der Waals surface area contributed by atoms with E-state index in [-0.39, 0.29) is 6.04 Å². The Kier molecular flexibility index (Phi) is 9.27. The molecular weight excluding hydrogens is 258 g/mol. The molecule has 0 bridgehead atoms. The Labute approximate surface area is 130 Å². The molecule has 1 unspecified atom stereocenters. The second-order valence-corrected chi connectivity index (χ2v) is 6.17. The molecule has 120 valence electrons. The van der Waals surface area contributed by atoms with Gasteiger partial charge in [0.1, 0.15) is 0 Å². The van der Waals surface area contributed by atoms with Crippen molar-refractivity contribution < 1.29 is 0 Å². The Bertz CT molecular complexity index is 370. The second-order valence-electron chi connectivity index (χ2n) is 6.17. The van der Waals surface area contributed by atoms with Gasteiger partial charge in [-0.1, -0.05) is 58.3 Å². The van der Waals surface area contributed by atoms with Crippen LogP contribution >= 0.6 is 0 Å². The Hall–Kier alpha value is -0.930. The molecule has 0 aromatic carbocycles. The number of hydrazine groups is 1. The van der Waals surface area contributed by atoms with Gasteiger partial charge in [0.25, 0.3) is 0 Å². The minimum atomic E-state index is 0.255. The van der Waals surface area contributed by atoms with E-state index in [2.05, 4.69) is 29.5 Å². The zero-order chi connectivity index (χ0) is 15.5. The van der Waals surface area contributed by atoms with Crippen LogP contribution < -0.4 is 11.3 Å². The predicted molar refractivity (Wildman–Crippen MR) is 91.0 cm³/mol. The Morgan fingerprint density at radius 1 is 0.952 bits per heavy atom. The number of unbranched alkanes of at least 4 members (excludes halogenated alkanes) is 7. The molecule has 3 nitrogen and oxygen atoms in total. The van der Waals surface area contributed by atoms with Crippen molar-refractivity contribution in [3.63, 3.8) is 0 Å². The van der Waals surface area contributed by atoms with E-state index in [0.717, 1.165) is 17.8 Å². The van der Waals surface area contributed by atoms with Crippen LogP contribution in [0.25, 0.3) is 0 Å². The fraction of sp³-hybridized carbons (Fsp3) is 0.722. The van der Waals surface area contributed by atoms with Crippen LogP contribution in [0.15, 0.2) is 12.1 Å². The van der Waals surface area contributed by atoms with Gasteiger partial charge in [0.05, 0.1) is 0 Å². The SMILES string of the molecule is CCCCCCCCCCC(NN)c1cc(C)nc(C)c1. The summed E-state index contributed by atoms with van der Waals surface area (Å²) in [7, 11) is 0. The lowest BCUT2D eigenvalue weighted by Crippen LogP contribution is -2.28. The van der Waals surface area contributed by atoms with Crippen molar-refractivity contribution in [2.24, 2.45) is 5.84 Å². The van der Waals surface area contributed by atoms with Gasteiger partial charge in [-0.05, 0) is 38.0 Å². The second kappa shape index (κ2) is 10.7. The third-order valence-corrected chi connectivity index (χ3v) is 4.05. The highest BCUT2D eigenvalue weighted by molar-refractivity contribution is 5.23. The van der Waals surface area contributed by atoms with Gasteiger partial charge in [-0.25, -0.2) is 0 Å². The molecule has 1 heterocycles. The topological polar surface area (TPSA) is 50.9 Å². The average molecular weight is 291 g/mol. The lowest BCUT2D eigenvalue weighted by molar-refractivity contribution is 0.474. The van der Waals surface area contributed by atoms with Crippen molar-refractivity contribution in [2.75, 3.05) is 0 Å². The molecule has 1 atom stereocenters. The van der Waals surface area contributed by atoms with E-state index < -0.39 is 0 Å². The number of rotatable bonds is 11. The van der Waals surface area contributed by atoms with Crippen LogP contribution in [0.3, 0.4) is 0 Å². The fourth-order valence-electron chi connectivity index (χ4n) is 2.90. The molecule has 1 rings (SSSR count). The maximum absolute atomic E-state index is 5.73. The number of aromatic nitrogens is 1. The monoisotopic (exact) mass is 291 g/mol. The number of hydrogen-bond acceptors (Lipinski definition) is 3. The molecule has 0 radical (unpaired) electrons. The summed E-state index contributed by atoms with van der Waals surface area (Å²) in [5.41, 5.74) is 6.37. The van der Waals surface area contributed by atoms with E-state index in [4.69, 9.17) is 5.84 Å². The van der Waals surface area contributed by atoms with E-state index in [1.807, 2.05) is 13.8 Å². The molecular formula is C18H33N3. The Morgan fingerprint density at radius 3 is 2.00 bits per heavy atom. The van der Waals surface area contributed by atoms with E-state index in [1.54, 1.807) is 0 Å². The fourth-order valence-corrected chi connectivity index (χ4v) is 2.90. The van der Waals surface area contributed by atoms with E-state index in [9.17, 15) is 0 Å². The first-order chi connectivity index (χ1) is 10.2. The lowest BCUT2D eigenvalue weighted by atomic mass is 9.99. The first-order valence-electron chi connectivity index (χ1n) is 8.58. The van der Waals surface area contributed by atoms with E-state index >= 15 is 0 Å². The highest BCUT2D eigenvalue weighted by atomic mass is 15.2. The number of nitrogens with one attached hydrogen (secondary N) is 1. The zero-order valence-electron chi connectivity index (χ0n) is 14.1. The van der Waals surface area contributed by atoms with Crippen LogP contribution in [0.4, 0.5) is 0 Å². The summed E-state index contributed by atoms with van der Waals surface area (Å²) in [6, 6.07) is 4.54. The maximum atomic E-state index is 5.73. The van der Waals surface area contributed by atoms with Gasteiger partial charge in [0, 0.05) is 17.4 Å². The van der Waals surface area contributed by atoms with Crippen molar-refractivity contribution in [1.82, 2.24) is 10.4 Å². The predicted octanol–water partition coefficient (Wildman–Crippen LogP) is 4.73. The average Bonchev–Trinajstić information content (AvgIpc) is 2.44. The summed E-state index contributed by atoms with van der Waals surface area (Å²) in [5.74, 6) is 5.73. The van der Waals surface area contributed by atoms with Crippen molar-refractivity contribution >= 4 is 0 Å². The molecule has 0 spiro atoms. The molecule has 1 aromatic heterocycles. The number of hydrogen-bond donors (Lipinski definition) is 2. The number of nitrogens with two attached hydrogens (primary N) is 1. The molecule has 0 amide bonds. The number of aryl methyl sites for hydroxylation is 2. The molecule has 3 heteroatoms. The molecule has 1 aromatic rings. The van der Waals surface area contributed by atoms with Crippen LogP contribution in [0.5, 0.6) is 0 Å². The van der Waals surface area contributed by atoms with Gasteiger partial charge >= 0.3 is 0 Å². The van der Waals surface area contributed by atoms with Crippen molar-refractivity contribution in [1.29, 1.82) is 0 Å². The highest BCUT2D eigenvalue weighted by Crippen LogP contribution is 2.21. The van der Waals surface area contributed by atoms with Crippen molar-refractivity contribution in [3.8, 4) is 0 Å². The van der Waals surface area contributed by atoms with Gasteiger partial charge in [-0.15, -0.1) is 0 Å². The van der Waals surface area contributed by atoms with Crippen molar-refractivity contribution in [2.45, 2.75) is 84.6 Å². The van der Waals surface area contributed by atoms with E-state index in [0.29, 0.717) is 0 Å². The number of nitrogens with zero attached hydrogens (tertiary/aromatic N) is 1. The van der Waals surface area contributed by atoms with Crippen LogP contribution in [0, 0.1) is 13.8 Å². The summed E-state index contributed by atoms with van der Waals surface area (Å²) < 4.78 is 0. The van der Waals surface area contributed by atoms with Crippen molar-refractivity contribution in [3.05, 3.63) is 29.1 Å². The molecule has 0 aliphatic heterocycles. The largest absolute Gasteiger partial charge is 0.271 e. The smallest absolute Gasteiger partial charge is 0.0461 e. The summed E-state index contributed by atoms with van der Waals surface area (Å²) >= 11 is 0. The minimum absolute atomic E-state index is 0.255. The molecule has 0 saturated heterocycles. The Balaban J connectivity index is 2.25. The normalized spacial score (nSPS) is 12.6. The molecule has 0 aliphatic rings. The summed E-state index contributed by atoms with van der Waals surface area (Å²) in [6.45, 7) is 6.35. The third kappa shape index (κ3) is 7.58. The molecule has 0 saturated carbocycles. The number of pyridine rings is 1. The first-order valence-corrected chi connectivity index (χ1v) is 8.58. The van der Waals surface area contributed by atoms with Gasteiger partial charge in [0.15, 0.2) is 0 Å². The molecule has 3 N–H and O–H groups in total. The first kappa shape index (κ1) is 18.1. The third-order valence-electron chi connectivity index (χ3n) is 4.05. The van der Waals surface area contributed by atoms with Crippen LogP contribution in [0.2, 0.25) is 0 Å².